The van der Waals surface area contributed by atoms with Crippen molar-refractivity contribution in [3.63, 3.8) is 0 Å². The van der Waals surface area contributed by atoms with Crippen molar-refractivity contribution in [2.45, 2.75) is 46.6 Å². The molecule has 0 aliphatic rings. The van der Waals surface area contributed by atoms with Crippen LogP contribution in [0.5, 0.6) is 5.75 Å². The Labute approximate surface area is 168 Å². The van der Waals surface area contributed by atoms with Crippen molar-refractivity contribution >= 4 is 11.9 Å². The van der Waals surface area contributed by atoms with Crippen LogP contribution >= 0.6 is 0 Å². The van der Waals surface area contributed by atoms with Crippen LogP contribution in [-0.2, 0) is 20.8 Å². The molecule has 0 unspecified atom stereocenters. The average Bonchev–Trinajstić information content (AvgIpc) is 2.69. The maximum Gasteiger partial charge on any atom is 0.305 e. The topological polar surface area (TPSA) is 81.2 Å². The molecule has 0 radical (unpaired) electrons. The van der Waals surface area contributed by atoms with E-state index in [0.29, 0.717) is 32.8 Å². The van der Waals surface area contributed by atoms with E-state index < -0.39 is 0 Å². The van der Waals surface area contributed by atoms with Gasteiger partial charge in [-0.3, -0.25) is 4.79 Å². The van der Waals surface area contributed by atoms with Gasteiger partial charge in [-0.15, -0.1) is 0 Å². The quantitative estimate of drug-likeness (QED) is 0.232. The summed E-state index contributed by atoms with van der Waals surface area (Å²) in [5.41, 5.74) is 2.18. The first-order valence-corrected chi connectivity index (χ1v) is 9.99. The van der Waals surface area contributed by atoms with Crippen LogP contribution in [0, 0.1) is 6.92 Å². The monoisotopic (exact) mass is 393 g/mol. The van der Waals surface area contributed by atoms with E-state index >= 15 is 0 Å². The zero-order valence-electron chi connectivity index (χ0n) is 17.7. The molecule has 0 aliphatic heterocycles. The molecule has 7 nitrogen and oxygen atoms in total. The van der Waals surface area contributed by atoms with Gasteiger partial charge in [0.2, 0.25) is 0 Å². The third-order valence-corrected chi connectivity index (χ3v) is 3.99. The highest BCUT2D eigenvalue weighted by Crippen LogP contribution is 2.21. The Morgan fingerprint density at radius 2 is 1.96 bits per heavy atom. The van der Waals surface area contributed by atoms with Gasteiger partial charge in [-0.1, -0.05) is 12.1 Å². The molecule has 1 rings (SSSR count). The van der Waals surface area contributed by atoms with Crippen molar-refractivity contribution in [2.24, 2.45) is 4.99 Å². The fraction of sp³-hybridized carbons (Fsp3) is 0.619. The fourth-order valence-corrected chi connectivity index (χ4v) is 2.49. The van der Waals surface area contributed by atoms with Crippen LogP contribution in [0.1, 0.15) is 44.2 Å². The lowest BCUT2D eigenvalue weighted by Crippen LogP contribution is -2.37. The number of carbonyl (C=O) groups excluding carboxylic acids is 1. The number of methoxy groups -OCH3 is 1. The summed E-state index contributed by atoms with van der Waals surface area (Å²) in [6.07, 6.45) is 2.10. The predicted octanol–water partition coefficient (Wildman–Crippen LogP) is 2.81. The Hall–Kier alpha value is -2.28. The van der Waals surface area contributed by atoms with Gasteiger partial charge < -0.3 is 24.8 Å². The predicted molar refractivity (Wildman–Crippen MR) is 112 cm³/mol. The molecular weight excluding hydrogens is 358 g/mol. The number of guanidine groups is 1. The maximum absolute atomic E-state index is 11.1. The minimum atomic E-state index is -0.170. The summed E-state index contributed by atoms with van der Waals surface area (Å²) in [6.45, 7) is 9.86. The summed E-state index contributed by atoms with van der Waals surface area (Å²) < 4.78 is 15.9. The minimum absolute atomic E-state index is 0.170. The van der Waals surface area contributed by atoms with E-state index in [0.717, 1.165) is 48.8 Å². The number of benzene rings is 1. The summed E-state index contributed by atoms with van der Waals surface area (Å²) >= 11 is 0. The van der Waals surface area contributed by atoms with Crippen LogP contribution in [0.15, 0.2) is 23.2 Å². The zero-order chi connectivity index (χ0) is 20.6. The van der Waals surface area contributed by atoms with E-state index in [-0.39, 0.29) is 5.97 Å². The van der Waals surface area contributed by atoms with Crippen molar-refractivity contribution in [3.8, 4) is 5.75 Å². The Balaban J connectivity index is 2.59. The normalized spacial score (nSPS) is 11.2. The Morgan fingerprint density at radius 1 is 1.14 bits per heavy atom. The van der Waals surface area contributed by atoms with Gasteiger partial charge in [-0.05, 0) is 45.2 Å². The van der Waals surface area contributed by atoms with Crippen LogP contribution in [-0.4, -0.2) is 51.9 Å². The molecule has 28 heavy (non-hydrogen) atoms. The molecule has 0 atom stereocenters. The second kappa shape index (κ2) is 14.7. The van der Waals surface area contributed by atoms with E-state index in [2.05, 4.69) is 32.5 Å². The summed E-state index contributed by atoms with van der Waals surface area (Å²) in [5.74, 6) is 1.43. The first-order valence-electron chi connectivity index (χ1n) is 9.99. The second-order valence-electron chi connectivity index (χ2n) is 6.31. The zero-order valence-corrected chi connectivity index (χ0v) is 17.7. The molecule has 0 aromatic heterocycles. The molecule has 1 aromatic carbocycles. The van der Waals surface area contributed by atoms with Gasteiger partial charge >= 0.3 is 5.97 Å². The lowest BCUT2D eigenvalue weighted by atomic mass is 10.1. The van der Waals surface area contributed by atoms with Gasteiger partial charge in [0.25, 0.3) is 0 Å². The van der Waals surface area contributed by atoms with E-state index in [1.807, 2.05) is 26.8 Å². The van der Waals surface area contributed by atoms with Gasteiger partial charge in [0.15, 0.2) is 5.96 Å². The van der Waals surface area contributed by atoms with Gasteiger partial charge in [0, 0.05) is 31.7 Å². The number of nitrogens with one attached hydrogen (secondary N) is 2. The van der Waals surface area contributed by atoms with Gasteiger partial charge in [0.05, 0.1) is 20.3 Å². The largest absolute Gasteiger partial charge is 0.491 e. The van der Waals surface area contributed by atoms with E-state index in [1.165, 1.54) is 7.11 Å². The van der Waals surface area contributed by atoms with Crippen LogP contribution < -0.4 is 15.4 Å². The molecule has 0 saturated heterocycles. The van der Waals surface area contributed by atoms with Crippen LogP contribution in [0.25, 0.3) is 0 Å². The van der Waals surface area contributed by atoms with E-state index in [9.17, 15) is 4.79 Å². The van der Waals surface area contributed by atoms with Crippen molar-refractivity contribution in [3.05, 3.63) is 29.3 Å². The van der Waals surface area contributed by atoms with Crippen LogP contribution in [0.4, 0.5) is 0 Å². The maximum atomic E-state index is 11.1. The number of aryl methyl sites for hydroxylation is 1. The SMILES string of the molecule is CCNC(=NCc1ccc(C)cc1OCCOCC)NCCCCC(=O)OC. The molecule has 158 valence electrons. The molecule has 0 aliphatic carbocycles. The molecule has 0 heterocycles. The molecule has 0 spiro atoms. The summed E-state index contributed by atoms with van der Waals surface area (Å²) in [6, 6.07) is 6.14. The van der Waals surface area contributed by atoms with Gasteiger partial charge in [-0.25, -0.2) is 4.99 Å². The molecule has 1 aromatic rings. The standard InChI is InChI=1S/C21H35N3O4/c1-5-22-21(23-12-8-7-9-20(25)26-4)24-16-18-11-10-17(3)15-19(18)28-14-13-27-6-2/h10-11,15H,5-9,12-14,16H2,1-4H3,(H2,22,23,24). The highest BCUT2D eigenvalue weighted by molar-refractivity contribution is 5.79. The smallest absolute Gasteiger partial charge is 0.305 e. The Bertz CT molecular complexity index is 605. The number of hydrogen-bond acceptors (Lipinski definition) is 5. The van der Waals surface area contributed by atoms with E-state index in [1.54, 1.807) is 0 Å². The van der Waals surface area contributed by atoms with Gasteiger partial charge in [0.1, 0.15) is 12.4 Å². The summed E-state index contributed by atoms with van der Waals surface area (Å²) in [4.78, 5) is 15.8. The molecule has 2 N–H and O–H groups in total. The second-order valence-corrected chi connectivity index (χ2v) is 6.31. The fourth-order valence-electron chi connectivity index (χ4n) is 2.49. The van der Waals surface area contributed by atoms with Crippen molar-refractivity contribution in [2.75, 3.05) is 40.0 Å². The lowest BCUT2D eigenvalue weighted by Gasteiger charge is -2.13. The van der Waals surface area contributed by atoms with E-state index in [4.69, 9.17) is 9.47 Å². The number of esters is 1. The first-order chi connectivity index (χ1) is 13.6. The molecule has 7 heteroatoms. The number of rotatable bonds is 13. The highest BCUT2D eigenvalue weighted by atomic mass is 16.5. The molecule has 0 amide bonds. The number of hydrogen-bond donors (Lipinski definition) is 2. The number of nitrogens with zero attached hydrogens (tertiary/aromatic N) is 1. The molecular formula is C21H35N3O4. The Morgan fingerprint density at radius 3 is 2.68 bits per heavy atom. The summed E-state index contributed by atoms with van der Waals surface area (Å²) in [5, 5.41) is 6.54. The van der Waals surface area contributed by atoms with Crippen LogP contribution in [0.2, 0.25) is 0 Å². The van der Waals surface area contributed by atoms with Crippen molar-refractivity contribution in [1.82, 2.24) is 10.6 Å². The molecule has 0 bridgehead atoms. The van der Waals surface area contributed by atoms with Gasteiger partial charge in [-0.2, -0.15) is 0 Å². The minimum Gasteiger partial charge on any atom is -0.491 e. The molecule has 0 fully saturated rings. The molecule has 0 saturated carbocycles. The third-order valence-electron chi connectivity index (χ3n) is 3.99. The highest BCUT2D eigenvalue weighted by Gasteiger charge is 2.06. The number of carbonyl (C=O) groups is 1. The number of aliphatic imine (C=N–C) groups is 1. The van der Waals surface area contributed by atoms with Crippen molar-refractivity contribution < 1.29 is 19.0 Å². The average molecular weight is 394 g/mol. The third kappa shape index (κ3) is 10.2. The van der Waals surface area contributed by atoms with Crippen molar-refractivity contribution in [1.29, 1.82) is 0 Å². The summed E-state index contributed by atoms with van der Waals surface area (Å²) in [7, 11) is 1.41. The Kier molecular flexibility index (Phi) is 12.5. The lowest BCUT2D eigenvalue weighted by molar-refractivity contribution is -0.140. The first kappa shape index (κ1) is 23.8. The number of unbranched alkanes of at least 4 members (excludes halogenated alkanes) is 1. The van der Waals surface area contributed by atoms with Crippen LogP contribution in [0.3, 0.4) is 0 Å². The number of ether oxygens (including phenoxy) is 3.